The van der Waals surface area contributed by atoms with Gasteiger partial charge in [0.1, 0.15) is 5.75 Å². The van der Waals surface area contributed by atoms with Gasteiger partial charge in [0.05, 0.1) is 11.4 Å². The monoisotopic (exact) mass is 511 g/mol. The number of anilines is 2. The first-order valence-corrected chi connectivity index (χ1v) is 10.4. The summed E-state index contributed by atoms with van der Waals surface area (Å²) < 4.78 is 96.9. The molecule has 0 aromatic heterocycles. The molecule has 0 heterocycles. The molecule has 0 spiro atoms. The van der Waals surface area contributed by atoms with Crippen molar-refractivity contribution in [2.45, 2.75) is 4.90 Å². The van der Waals surface area contributed by atoms with Gasteiger partial charge in [-0.1, -0.05) is 29.3 Å². The number of hydrogen-bond donors (Lipinski definition) is 0. The van der Waals surface area contributed by atoms with E-state index in [-0.39, 0.29) is 21.4 Å². The molecular weight excluding hydrogens is 504 g/mol. The molecule has 13 heteroatoms. The van der Waals surface area contributed by atoms with Gasteiger partial charge in [-0.25, -0.2) is 22.0 Å². The summed E-state index contributed by atoms with van der Waals surface area (Å²) in [6, 6.07) is 8.64. The fourth-order valence-electron chi connectivity index (χ4n) is 2.61. The second-order valence-corrected chi connectivity index (χ2v) is 8.39. The molecule has 0 saturated carbocycles. The Morgan fingerprint density at radius 2 is 1.31 bits per heavy atom. The van der Waals surface area contributed by atoms with E-state index in [1.54, 1.807) is 0 Å². The van der Waals surface area contributed by atoms with Crippen molar-refractivity contribution in [1.82, 2.24) is 0 Å². The molecule has 0 aliphatic carbocycles. The summed E-state index contributed by atoms with van der Waals surface area (Å²) in [7, 11) is -5.51. The highest BCUT2D eigenvalue weighted by molar-refractivity contribution is 7.87. The number of halogens is 7. The molecule has 3 rings (SSSR count). The van der Waals surface area contributed by atoms with Gasteiger partial charge in [-0.2, -0.15) is 8.42 Å². The van der Waals surface area contributed by atoms with Crippen LogP contribution in [0.1, 0.15) is 0 Å². The maximum atomic E-state index is 13.9. The number of rotatable bonds is 6. The molecular formula is C19H8Cl2F5NO4S. The maximum Gasteiger partial charge on any atom is 0.345 e. The Morgan fingerprint density at radius 1 is 0.781 bits per heavy atom. The van der Waals surface area contributed by atoms with Crippen molar-refractivity contribution < 1.29 is 39.3 Å². The number of carbonyl (C=O) groups is 1. The van der Waals surface area contributed by atoms with Crippen LogP contribution < -0.4 is 9.08 Å². The van der Waals surface area contributed by atoms with Crippen LogP contribution in [0.3, 0.4) is 0 Å². The van der Waals surface area contributed by atoms with Gasteiger partial charge in [-0.3, -0.25) is 9.69 Å². The van der Waals surface area contributed by atoms with E-state index in [0.29, 0.717) is 6.41 Å². The fraction of sp³-hybridized carbons (Fsp3) is 0. The SMILES string of the molecule is O=CN(c1cc(Cl)cc(Cl)c1)c1cccc(OS(=O)(=O)c2c(F)c(F)c(F)c(F)c2F)c1. The molecule has 0 saturated heterocycles. The number of hydrogen-bond acceptors (Lipinski definition) is 4. The van der Waals surface area contributed by atoms with Crippen LogP contribution in [-0.2, 0) is 14.9 Å². The first-order chi connectivity index (χ1) is 15.0. The van der Waals surface area contributed by atoms with Crippen LogP contribution in [0, 0.1) is 29.1 Å². The van der Waals surface area contributed by atoms with E-state index in [4.69, 9.17) is 23.2 Å². The van der Waals surface area contributed by atoms with Gasteiger partial charge >= 0.3 is 10.1 Å². The zero-order valence-corrected chi connectivity index (χ0v) is 17.6. The van der Waals surface area contributed by atoms with E-state index in [1.165, 1.54) is 30.3 Å². The Bertz CT molecular complexity index is 1290. The van der Waals surface area contributed by atoms with Crippen LogP contribution in [-0.4, -0.2) is 14.8 Å². The summed E-state index contributed by atoms with van der Waals surface area (Å²) in [5.74, 6) is -13.2. The van der Waals surface area contributed by atoms with Crippen molar-refractivity contribution in [3.63, 3.8) is 0 Å². The molecule has 1 amide bonds. The van der Waals surface area contributed by atoms with Crippen molar-refractivity contribution in [3.05, 3.63) is 81.6 Å². The largest absolute Gasteiger partial charge is 0.379 e. The zero-order valence-electron chi connectivity index (χ0n) is 15.3. The summed E-state index contributed by atoms with van der Waals surface area (Å²) in [5, 5.41) is 0.362. The van der Waals surface area contributed by atoms with Crippen LogP contribution in [0.25, 0.3) is 0 Å². The number of nitrogens with zero attached hydrogens (tertiary/aromatic N) is 1. The molecule has 3 aromatic carbocycles. The molecule has 0 atom stereocenters. The highest BCUT2D eigenvalue weighted by Crippen LogP contribution is 2.33. The summed E-state index contributed by atoms with van der Waals surface area (Å²) in [5.41, 5.74) is 0.181. The molecule has 168 valence electrons. The molecule has 3 aromatic rings. The quantitative estimate of drug-likeness (QED) is 0.139. The Hall–Kier alpha value is -2.89. The third-order valence-electron chi connectivity index (χ3n) is 3.95. The second-order valence-electron chi connectivity index (χ2n) is 6.04. The van der Waals surface area contributed by atoms with Gasteiger partial charge in [0, 0.05) is 16.1 Å². The highest BCUT2D eigenvalue weighted by Gasteiger charge is 2.35. The Balaban J connectivity index is 2.03. The molecule has 5 nitrogen and oxygen atoms in total. The van der Waals surface area contributed by atoms with Crippen LogP contribution >= 0.6 is 23.2 Å². The van der Waals surface area contributed by atoms with E-state index < -0.39 is 49.8 Å². The van der Waals surface area contributed by atoms with Gasteiger partial charge in [0.2, 0.25) is 12.2 Å². The molecule has 32 heavy (non-hydrogen) atoms. The van der Waals surface area contributed by atoms with E-state index in [2.05, 4.69) is 4.18 Å². The van der Waals surface area contributed by atoms with Crippen molar-refractivity contribution in [3.8, 4) is 5.75 Å². The van der Waals surface area contributed by atoms with Gasteiger partial charge in [0.25, 0.3) is 0 Å². The second kappa shape index (κ2) is 8.93. The van der Waals surface area contributed by atoms with Crippen molar-refractivity contribution in [2.24, 2.45) is 0 Å². The first kappa shape index (κ1) is 23.8. The molecule has 0 radical (unpaired) electrons. The lowest BCUT2D eigenvalue weighted by Gasteiger charge is -2.19. The average molecular weight is 512 g/mol. The van der Waals surface area contributed by atoms with Crippen molar-refractivity contribution in [2.75, 3.05) is 4.90 Å². The molecule has 0 aliphatic rings. The number of amides is 1. The topological polar surface area (TPSA) is 63.7 Å². The third-order valence-corrected chi connectivity index (χ3v) is 5.66. The lowest BCUT2D eigenvalue weighted by atomic mass is 10.2. The summed E-state index contributed by atoms with van der Waals surface area (Å²) in [6.45, 7) is 0. The van der Waals surface area contributed by atoms with Crippen LogP contribution in [0.5, 0.6) is 5.75 Å². The standard InChI is InChI=1S/C19H8Cl2F5NO4S/c20-9-4-10(21)6-12(5-9)27(8-28)11-2-1-3-13(7-11)31-32(29,30)19-17(25)15(23)14(22)16(24)18(19)26/h1-8H. The molecule has 0 unspecified atom stereocenters. The zero-order chi connectivity index (χ0) is 23.8. The smallest absolute Gasteiger partial charge is 0.345 e. The Morgan fingerprint density at radius 3 is 1.84 bits per heavy atom. The van der Waals surface area contributed by atoms with Crippen LogP contribution in [0.2, 0.25) is 10.0 Å². The lowest BCUT2D eigenvalue weighted by molar-refractivity contribution is -0.106. The van der Waals surface area contributed by atoms with Gasteiger partial charge in [0.15, 0.2) is 28.2 Å². The molecule has 0 bridgehead atoms. The van der Waals surface area contributed by atoms with Crippen LogP contribution in [0.15, 0.2) is 47.4 Å². The van der Waals surface area contributed by atoms with Gasteiger partial charge in [-0.15, -0.1) is 0 Å². The van der Waals surface area contributed by atoms with E-state index >= 15 is 0 Å². The number of carbonyl (C=O) groups excluding carboxylic acids is 1. The van der Waals surface area contributed by atoms with Gasteiger partial charge < -0.3 is 4.18 Å². The van der Waals surface area contributed by atoms with Crippen LogP contribution in [0.4, 0.5) is 33.3 Å². The van der Waals surface area contributed by atoms with Gasteiger partial charge in [-0.05, 0) is 30.3 Å². The van der Waals surface area contributed by atoms with Crippen molar-refractivity contribution in [1.29, 1.82) is 0 Å². The average Bonchev–Trinajstić information content (AvgIpc) is 2.70. The lowest BCUT2D eigenvalue weighted by Crippen LogP contribution is -2.18. The number of benzene rings is 3. The summed E-state index contributed by atoms with van der Waals surface area (Å²) >= 11 is 11.8. The highest BCUT2D eigenvalue weighted by atomic mass is 35.5. The predicted octanol–water partition coefficient (Wildman–Crippen LogP) is 5.75. The fourth-order valence-corrected chi connectivity index (χ4v) is 4.18. The normalized spacial score (nSPS) is 11.3. The minimum atomic E-state index is -5.51. The Kier molecular flexibility index (Phi) is 6.63. The summed E-state index contributed by atoms with van der Waals surface area (Å²) in [4.78, 5) is 10.4. The molecule has 0 fully saturated rings. The third kappa shape index (κ3) is 4.50. The van der Waals surface area contributed by atoms with Crippen molar-refractivity contribution >= 4 is 51.1 Å². The van der Waals surface area contributed by atoms with E-state index in [9.17, 15) is 35.2 Å². The molecule has 0 aliphatic heterocycles. The first-order valence-electron chi connectivity index (χ1n) is 8.23. The maximum absolute atomic E-state index is 13.9. The molecule has 0 N–H and O–H groups in total. The minimum Gasteiger partial charge on any atom is -0.379 e. The Labute approximate surface area is 187 Å². The predicted molar refractivity (Wildman–Crippen MR) is 105 cm³/mol. The van der Waals surface area contributed by atoms with E-state index in [0.717, 1.165) is 17.0 Å². The summed E-state index contributed by atoms with van der Waals surface area (Å²) in [6.07, 6.45) is 0.333. The van der Waals surface area contributed by atoms with E-state index in [1.807, 2.05) is 0 Å². The minimum absolute atomic E-state index is 0.00319.